The van der Waals surface area contributed by atoms with Crippen molar-refractivity contribution < 1.29 is 9.59 Å². The standard InChI is InChI=1S/C21H23N5O3/c1-14(2)25-13-16(11-19(25)27)20(28)22-17-7-5-6-15(10-17)12-26-21(29)24-9-4-3-8-18(24)23-26/h3-10,14,16H,11-13H2,1-2H3,(H,22,28). The van der Waals surface area contributed by atoms with E-state index in [1.165, 1.54) is 9.08 Å². The average molecular weight is 393 g/mol. The molecule has 150 valence electrons. The van der Waals surface area contributed by atoms with Crippen molar-refractivity contribution >= 4 is 23.1 Å². The lowest BCUT2D eigenvalue weighted by Gasteiger charge is -2.20. The van der Waals surface area contributed by atoms with E-state index in [1.54, 1.807) is 29.3 Å². The molecule has 1 aliphatic rings. The molecule has 1 unspecified atom stereocenters. The first-order valence-corrected chi connectivity index (χ1v) is 9.66. The molecule has 0 spiro atoms. The van der Waals surface area contributed by atoms with Crippen LogP contribution >= 0.6 is 0 Å². The number of nitrogens with one attached hydrogen (secondary N) is 1. The fraction of sp³-hybridized carbons (Fsp3) is 0.333. The summed E-state index contributed by atoms with van der Waals surface area (Å²) < 4.78 is 2.88. The Labute approximate surface area is 167 Å². The number of pyridine rings is 1. The first kappa shape index (κ1) is 18.9. The fourth-order valence-corrected chi connectivity index (χ4v) is 3.64. The number of hydrogen-bond donors (Lipinski definition) is 1. The van der Waals surface area contributed by atoms with Crippen LogP contribution in [0.1, 0.15) is 25.8 Å². The van der Waals surface area contributed by atoms with Crippen LogP contribution in [0.25, 0.3) is 5.65 Å². The van der Waals surface area contributed by atoms with Gasteiger partial charge in [0.1, 0.15) is 0 Å². The minimum absolute atomic E-state index is 0.0140. The Balaban J connectivity index is 1.47. The molecule has 1 atom stereocenters. The maximum absolute atomic E-state index is 12.6. The van der Waals surface area contributed by atoms with Crippen LogP contribution < -0.4 is 11.0 Å². The molecular formula is C21H23N5O3. The van der Waals surface area contributed by atoms with E-state index < -0.39 is 0 Å². The Morgan fingerprint density at radius 1 is 1.21 bits per heavy atom. The summed E-state index contributed by atoms with van der Waals surface area (Å²) in [6.45, 7) is 4.64. The molecule has 3 heterocycles. The van der Waals surface area contributed by atoms with Gasteiger partial charge in [0.2, 0.25) is 11.8 Å². The van der Waals surface area contributed by atoms with Crippen molar-refractivity contribution in [2.45, 2.75) is 32.9 Å². The first-order valence-electron chi connectivity index (χ1n) is 9.66. The van der Waals surface area contributed by atoms with Gasteiger partial charge in [0.25, 0.3) is 0 Å². The molecule has 4 rings (SSSR count). The number of carbonyl (C=O) groups excluding carboxylic acids is 2. The number of amides is 2. The molecule has 1 saturated heterocycles. The number of nitrogens with zero attached hydrogens (tertiary/aromatic N) is 4. The van der Waals surface area contributed by atoms with E-state index in [1.807, 2.05) is 38.1 Å². The van der Waals surface area contributed by atoms with Crippen molar-refractivity contribution in [2.24, 2.45) is 5.92 Å². The number of hydrogen-bond acceptors (Lipinski definition) is 4. The van der Waals surface area contributed by atoms with E-state index in [4.69, 9.17) is 0 Å². The highest BCUT2D eigenvalue weighted by atomic mass is 16.2. The normalized spacial score (nSPS) is 16.7. The second-order valence-corrected chi connectivity index (χ2v) is 7.60. The van der Waals surface area contributed by atoms with Crippen LogP contribution in [0.3, 0.4) is 0 Å². The monoisotopic (exact) mass is 393 g/mol. The van der Waals surface area contributed by atoms with Gasteiger partial charge in [0, 0.05) is 30.9 Å². The minimum Gasteiger partial charge on any atom is -0.339 e. The SMILES string of the molecule is CC(C)N1CC(C(=O)Nc2cccc(Cn3nc4ccccn4c3=O)c2)CC1=O. The topological polar surface area (TPSA) is 88.7 Å². The van der Waals surface area contributed by atoms with Crippen LogP contribution in [0.2, 0.25) is 0 Å². The molecule has 1 N–H and O–H groups in total. The van der Waals surface area contributed by atoms with Gasteiger partial charge in [-0.05, 0) is 43.7 Å². The number of anilines is 1. The lowest BCUT2D eigenvalue weighted by Crippen LogP contribution is -2.33. The summed E-state index contributed by atoms with van der Waals surface area (Å²) in [5.74, 6) is -0.502. The smallest absolute Gasteiger partial charge is 0.339 e. The molecule has 1 aromatic carbocycles. The van der Waals surface area contributed by atoms with Gasteiger partial charge >= 0.3 is 5.69 Å². The highest BCUT2D eigenvalue weighted by Gasteiger charge is 2.35. The van der Waals surface area contributed by atoms with Crippen LogP contribution in [0.4, 0.5) is 5.69 Å². The van der Waals surface area contributed by atoms with E-state index in [-0.39, 0.29) is 35.9 Å². The summed E-state index contributed by atoms with van der Waals surface area (Å²) in [6.07, 6.45) is 1.92. The van der Waals surface area contributed by atoms with Gasteiger partial charge in [0.15, 0.2) is 5.65 Å². The molecular weight excluding hydrogens is 370 g/mol. The largest absolute Gasteiger partial charge is 0.350 e. The summed E-state index contributed by atoms with van der Waals surface area (Å²) >= 11 is 0. The molecule has 1 aliphatic heterocycles. The van der Waals surface area contributed by atoms with Crippen molar-refractivity contribution in [1.82, 2.24) is 19.1 Å². The Morgan fingerprint density at radius 3 is 2.76 bits per heavy atom. The van der Waals surface area contributed by atoms with Crippen LogP contribution in [-0.2, 0) is 16.1 Å². The second kappa shape index (κ2) is 7.54. The van der Waals surface area contributed by atoms with Gasteiger partial charge < -0.3 is 10.2 Å². The van der Waals surface area contributed by atoms with Gasteiger partial charge in [-0.15, -0.1) is 5.10 Å². The molecule has 3 aromatic rings. The number of likely N-dealkylation sites (tertiary alicyclic amines) is 1. The van der Waals surface area contributed by atoms with Crippen molar-refractivity contribution in [2.75, 3.05) is 11.9 Å². The van der Waals surface area contributed by atoms with E-state index in [9.17, 15) is 14.4 Å². The third-order valence-corrected chi connectivity index (χ3v) is 5.17. The number of aromatic nitrogens is 3. The minimum atomic E-state index is -0.352. The lowest BCUT2D eigenvalue weighted by molar-refractivity contribution is -0.129. The molecule has 2 amide bonds. The molecule has 8 heteroatoms. The van der Waals surface area contributed by atoms with E-state index >= 15 is 0 Å². The van der Waals surface area contributed by atoms with Crippen molar-refractivity contribution in [1.29, 1.82) is 0 Å². The zero-order valence-electron chi connectivity index (χ0n) is 16.4. The number of benzene rings is 1. The Hall–Kier alpha value is -3.42. The van der Waals surface area contributed by atoms with Gasteiger partial charge in [-0.2, -0.15) is 0 Å². The zero-order valence-corrected chi connectivity index (χ0v) is 16.4. The molecule has 0 bridgehead atoms. The quantitative estimate of drug-likeness (QED) is 0.715. The molecule has 0 aliphatic carbocycles. The maximum Gasteiger partial charge on any atom is 0.350 e. The third-order valence-electron chi connectivity index (χ3n) is 5.17. The number of fused-ring (bicyclic) bond motifs is 1. The molecule has 29 heavy (non-hydrogen) atoms. The van der Waals surface area contributed by atoms with Crippen LogP contribution in [0.15, 0.2) is 53.5 Å². The summed E-state index contributed by atoms with van der Waals surface area (Å²) in [4.78, 5) is 38.8. The van der Waals surface area contributed by atoms with Gasteiger partial charge in [-0.25, -0.2) is 9.48 Å². The molecule has 1 fully saturated rings. The average Bonchev–Trinajstić information content (AvgIpc) is 3.23. The van der Waals surface area contributed by atoms with E-state index in [2.05, 4.69) is 10.4 Å². The van der Waals surface area contributed by atoms with Crippen LogP contribution in [0.5, 0.6) is 0 Å². The fourth-order valence-electron chi connectivity index (χ4n) is 3.64. The predicted octanol–water partition coefficient (Wildman–Crippen LogP) is 1.74. The molecule has 0 radical (unpaired) electrons. The maximum atomic E-state index is 12.6. The summed E-state index contributed by atoms with van der Waals surface area (Å²) in [6, 6.07) is 12.8. The van der Waals surface area contributed by atoms with Crippen molar-refractivity contribution in [3.8, 4) is 0 Å². The van der Waals surface area contributed by atoms with Crippen molar-refractivity contribution in [3.05, 3.63) is 64.7 Å². The number of carbonyl (C=O) groups is 2. The van der Waals surface area contributed by atoms with E-state index in [0.29, 0.717) is 24.4 Å². The van der Waals surface area contributed by atoms with Crippen LogP contribution in [-0.4, -0.2) is 43.5 Å². The lowest BCUT2D eigenvalue weighted by atomic mass is 10.1. The van der Waals surface area contributed by atoms with Gasteiger partial charge in [-0.1, -0.05) is 18.2 Å². The Kier molecular flexibility index (Phi) is 4.92. The predicted molar refractivity (Wildman–Crippen MR) is 109 cm³/mol. The Morgan fingerprint density at radius 2 is 2.03 bits per heavy atom. The Bertz CT molecular complexity index is 1130. The van der Waals surface area contributed by atoms with E-state index in [0.717, 1.165) is 5.56 Å². The molecule has 0 saturated carbocycles. The van der Waals surface area contributed by atoms with Crippen LogP contribution in [0, 0.1) is 5.92 Å². The van der Waals surface area contributed by atoms with Gasteiger partial charge in [-0.3, -0.25) is 14.0 Å². The molecule has 2 aromatic heterocycles. The summed E-state index contributed by atoms with van der Waals surface area (Å²) in [5, 5.41) is 7.23. The zero-order chi connectivity index (χ0) is 20.5. The third kappa shape index (κ3) is 3.78. The summed E-state index contributed by atoms with van der Waals surface area (Å²) in [5.41, 5.74) is 1.86. The first-order chi connectivity index (χ1) is 13.9. The molecule has 8 nitrogen and oxygen atoms in total. The highest BCUT2D eigenvalue weighted by molar-refractivity contribution is 5.97. The second-order valence-electron chi connectivity index (χ2n) is 7.60. The van der Waals surface area contributed by atoms with Gasteiger partial charge in [0.05, 0.1) is 12.5 Å². The number of rotatable bonds is 5. The highest BCUT2D eigenvalue weighted by Crippen LogP contribution is 2.22. The summed E-state index contributed by atoms with van der Waals surface area (Å²) in [7, 11) is 0. The van der Waals surface area contributed by atoms with Crippen molar-refractivity contribution in [3.63, 3.8) is 0 Å².